The number of nitrogens with zero attached hydrogens (tertiary/aromatic N) is 4. The Morgan fingerprint density at radius 1 is 1.06 bits per heavy atom. The number of carbonyl (C=O) groups excluding carboxylic acids is 1. The Morgan fingerprint density at radius 3 is 2.56 bits per heavy atom. The molecule has 1 unspecified atom stereocenters. The highest BCUT2D eigenvalue weighted by molar-refractivity contribution is 7.92. The SMILES string of the molecule is Cc1ccc2c(NS(=O)(=O)CC3CC(F)(F)C3)c(F)ccc2c1Oc1ncccc1-c1ccnc(NC2CCCN(C(=O)OC(C)(C)C)C2)n1. The van der Waals surface area contributed by atoms with E-state index in [1.807, 2.05) is 20.8 Å². The minimum atomic E-state index is -4.14. The van der Waals surface area contributed by atoms with Crippen molar-refractivity contribution in [1.82, 2.24) is 19.9 Å². The highest BCUT2D eigenvalue weighted by Gasteiger charge is 2.46. The van der Waals surface area contributed by atoms with Crippen molar-refractivity contribution < 1.29 is 35.9 Å². The zero-order chi connectivity index (χ0) is 35.8. The number of benzene rings is 2. The molecule has 6 rings (SSSR count). The number of hydrogen-bond donors (Lipinski definition) is 2. The summed E-state index contributed by atoms with van der Waals surface area (Å²) in [6.07, 6.45) is 3.34. The van der Waals surface area contributed by atoms with Crippen LogP contribution in [0.3, 0.4) is 0 Å². The van der Waals surface area contributed by atoms with Gasteiger partial charge in [-0.1, -0.05) is 12.1 Å². The van der Waals surface area contributed by atoms with Crippen molar-refractivity contribution >= 4 is 38.5 Å². The molecule has 1 aliphatic carbocycles. The predicted octanol–water partition coefficient (Wildman–Crippen LogP) is 7.53. The number of piperidine rings is 1. The van der Waals surface area contributed by atoms with Gasteiger partial charge in [-0.3, -0.25) is 4.72 Å². The van der Waals surface area contributed by atoms with Crippen LogP contribution < -0.4 is 14.8 Å². The number of alkyl halides is 2. The van der Waals surface area contributed by atoms with E-state index in [0.29, 0.717) is 47.0 Å². The number of ether oxygens (including phenoxy) is 2. The van der Waals surface area contributed by atoms with E-state index in [1.165, 1.54) is 6.07 Å². The van der Waals surface area contributed by atoms with Gasteiger partial charge in [0.25, 0.3) is 0 Å². The summed E-state index contributed by atoms with van der Waals surface area (Å²) >= 11 is 0. The average Bonchev–Trinajstić information content (AvgIpc) is 3.02. The van der Waals surface area contributed by atoms with E-state index in [1.54, 1.807) is 54.5 Å². The zero-order valence-corrected chi connectivity index (χ0v) is 29.0. The van der Waals surface area contributed by atoms with E-state index in [4.69, 9.17) is 14.5 Å². The van der Waals surface area contributed by atoms with Gasteiger partial charge in [0.15, 0.2) is 0 Å². The molecule has 2 N–H and O–H groups in total. The first kappa shape index (κ1) is 35.2. The second-order valence-electron chi connectivity index (χ2n) is 13.9. The van der Waals surface area contributed by atoms with Crippen LogP contribution >= 0.6 is 0 Å². The summed E-state index contributed by atoms with van der Waals surface area (Å²) in [4.78, 5) is 27.9. The number of fused-ring (bicyclic) bond motifs is 1. The fourth-order valence-electron chi connectivity index (χ4n) is 6.22. The van der Waals surface area contributed by atoms with Crippen LogP contribution in [0.25, 0.3) is 22.0 Å². The lowest BCUT2D eigenvalue weighted by molar-refractivity contribution is -0.103. The average molecular weight is 713 g/mol. The molecule has 1 saturated heterocycles. The van der Waals surface area contributed by atoms with Gasteiger partial charge in [0.2, 0.25) is 27.8 Å². The molecule has 1 aliphatic heterocycles. The molecule has 50 heavy (non-hydrogen) atoms. The van der Waals surface area contributed by atoms with Gasteiger partial charge in [0.05, 0.1) is 22.7 Å². The van der Waals surface area contributed by atoms with Gasteiger partial charge < -0.3 is 19.7 Å². The second kappa shape index (κ2) is 13.6. The minimum Gasteiger partial charge on any atom is -0.444 e. The number of aryl methyl sites for hydroxylation is 1. The molecule has 2 aromatic carbocycles. The predicted molar refractivity (Wildman–Crippen MR) is 184 cm³/mol. The Bertz CT molecular complexity index is 2020. The largest absolute Gasteiger partial charge is 0.444 e. The number of aromatic nitrogens is 3. The molecule has 4 aromatic rings. The summed E-state index contributed by atoms with van der Waals surface area (Å²) in [5.41, 5.74) is 0.819. The number of rotatable bonds is 9. The number of pyridine rings is 1. The lowest BCUT2D eigenvalue weighted by atomic mass is 9.83. The van der Waals surface area contributed by atoms with Crippen molar-refractivity contribution in [2.24, 2.45) is 5.92 Å². The molecule has 0 bridgehead atoms. The van der Waals surface area contributed by atoms with E-state index >= 15 is 4.39 Å². The molecule has 2 aliphatic rings. The van der Waals surface area contributed by atoms with Crippen molar-refractivity contribution in [1.29, 1.82) is 0 Å². The molecule has 1 atom stereocenters. The number of carbonyl (C=O) groups is 1. The molecule has 3 heterocycles. The van der Waals surface area contributed by atoms with Crippen molar-refractivity contribution in [3.8, 4) is 22.9 Å². The standard InChI is InChI=1S/C35H39F3N6O5S/c1-21-9-10-24-25(11-12-27(36)29(24)43-50(46,47)20-22-17-35(37,38)18-22)30(21)48-31-26(8-5-14-39-31)28-13-15-40-32(42-28)41-23-7-6-16-44(19-23)33(45)49-34(2,3)4/h5,8-15,22-23,43H,6-7,16-20H2,1-4H3,(H,40,41,42). The monoisotopic (exact) mass is 712 g/mol. The van der Waals surface area contributed by atoms with Crippen LogP contribution in [0, 0.1) is 18.7 Å². The highest BCUT2D eigenvalue weighted by Crippen LogP contribution is 2.44. The topological polar surface area (TPSA) is 136 Å². The summed E-state index contributed by atoms with van der Waals surface area (Å²) < 4.78 is 81.8. The first-order valence-electron chi connectivity index (χ1n) is 16.4. The normalized spacial score (nSPS) is 18.0. The molecule has 2 aromatic heterocycles. The molecule has 1 saturated carbocycles. The molecule has 15 heteroatoms. The fourth-order valence-corrected chi connectivity index (χ4v) is 7.68. The smallest absolute Gasteiger partial charge is 0.410 e. The van der Waals surface area contributed by atoms with Gasteiger partial charge in [-0.05, 0) is 82.3 Å². The molecule has 0 spiro atoms. The second-order valence-corrected chi connectivity index (χ2v) is 15.6. The van der Waals surface area contributed by atoms with Gasteiger partial charge in [-0.2, -0.15) is 0 Å². The summed E-state index contributed by atoms with van der Waals surface area (Å²) in [6, 6.07) is 11.0. The van der Waals surface area contributed by atoms with Crippen LogP contribution in [0.1, 0.15) is 52.0 Å². The van der Waals surface area contributed by atoms with E-state index in [0.717, 1.165) is 18.9 Å². The van der Waals surface area contributed by atoms with Crippen LogP contribution in [0.2, 0.25) is 0 Å². The van der Waals surface area contributed by atoms with E-state index < -0.39 is 51.9 Å². The summed E-state index contributed by atoms with van der Waals surface area (Å²) in [5, 5.41) is 3.97. The van der Waals surface area contributed by atoms with Crippen molar-refractivity contribution in [2.75, 3.05) is 28.9 Å². The van der Waals surface area contributed by atoms with E-state index in [2.05, 4.69) is 20.0 Å². The molecule has 11 nitrogen and oxygen atoms in total. The maximum atomic E-state index is 15.1. The van der Waals surface area contributed by atoms with Gasteiger partial charge >= 0.3 is 6.09 Å². The van der Waals surface area contributed by atoms with E-state index in [9.17, 15) is 22.0 Å². The third-order valence-electron chi connectivity index (χ3n) is 8.49. The van der Waals surface area contributed by atoms with Gasteiger partial charge in [-0.15, -0.1) is 0 Å². The molecular formula is C35H39F3N6O5S. The lowest BCUT2D eigenvalue weighted by Crippen LogP contribution is -2.47. The molecule has 266 valence electrons. The number of likely N-dealkylation sites (tertiary alicyclic amines) is 1. The summed E-state index contributed by atoms with van der Waals surface area (Å²) in [6.45, 7) is 8.30. The fraction of sp³-hybridized carbons (Fsp3) is 0.429. The summed E-state index contributed by atoms with van der Waals surface area (Å²) in [7, 11) is -4.14. The van der Waals surface area contributed by atoms with Crippen molar-refractivity contribution in [3.05, 3.63) is 66.2 Å². The highest BCUT2D eigenvalue weighted by atomic mass is 32.2. The number of sulfonamides is 1. The van der Waals surface area contributed by atoms with Crippen LogP contribution in [0.4, 0.5) is 29.6 Å². The van der Waals surface area contributed by atoms with E-state index in [-0.39, 0.29) is 29.1 Å². The number of hydrogen-bond acceptors (Lipinski definition) is 9. The number of amides is 1. The van der Waals surface area contributed by atoms with Crippen molar-refractivity contribution in [3.63, 3.8) is 0 Å². The quantitative estimate of drug-likeness (QED) is 0.181. The van der Waals surface area contributed by atoms with Gasteiger partial charge in [0.1, 0.15) is 17.2 Å². The number of anilines is 2. The first-order chi connectivity index (χ1) is 23.6. The number of halogens is 3. The zero-order valence-electron chi connectivity index (χ0n) is 28.2. The third-order valence-corrected chi connectivity index (χ3v) is 9.92. The third kappa shape index (κ3) is 8.20. The maximum Gasteiger partial charge on any atom is 0.410 e. The Labute approximate surface area is 288 Å². The minimum absolute atomic E-state index is 0.101. The van der Waals surface area contributed by atoms with Crippen molar-refractivity contribution in [2.45, 2.75) is 70.9 Å². The lowest BCUT2D eigenvalue weighted by Gasteiger charge is -2.34. The van der Waals surface area contributed by atoms with Crippen LogP contribution in [0.15, 0.2) is 54.9 Å². The van der Waals surface area contributed by atoms with Gasteiger partial charge in [0, 0.05) is 55.1 Å². The van der Waals surface area contributed by atoms with Crippen LogP contribution in [-0.4, -0.2) is 70.8 Å². The van der Waals surface area contributed by atoms with Gasteiger partial charge in [-0.25, -0.2) is 41.3 Å². The molecule has 0 radical (unpaired) electrons. The Hall–Kier alpha value is -4.66. The molecule has 2 fully saturated rings. The molecule has 1 amide bonds. The maximum absolute atomic E-state index is 15.1. The van der Waals surface area contributed by atoms with Crippen LogP contribution in [0.5, 0.6) is 11.6 Å². The Morgan fingerprint density at radius 2 is 1.82 bits per heavy atom. The van der Waals surface area contributed by atoms with Crippen LogP contribution in [-0.2, 0) is 14.8 Å². The Kier molecular flexibility index (Phi) is 9.55. The Balaban J connectivity index is 1.24. The first-order valence-corrected chi connectivity index (χ1v) is 18.0. The summed E-state index contributed by atoms with van der Waals surface area (Å²) in [5.74, 6) is -4.07. The molecular weight excluding hydrogens is 673 g/mol. The number of nitrogens with one attached hydrogen (secondary N) is 2.